The summed E-state index contributed by atoms with van der Waals surface area (Å²) in [7, 11) is -2.91. The SMILES string of the molecule is CNC(=O)[C@H](Cc1ccc(NS(=O)(=O)O)cc1)NC(=O)C1CCN(C(=O)OC(C)(C)C)CC1. The lowest BCUT2D eigenvalue weighted by Gasteiger charge is -2.33. The van der Waals surface area contributed by atoms with Crippen LogP contribution >= 0.6 is 0 Å². The van der Waals surface area contributed by atoms with Crippen molar-refractivity contribution in [2.45, 2.75) is 51.7 Å². The van der Waals surface area contributed by atoms with Crippen LogP contribution in [0.2, 0.25) is 0 Å². The van der Waals surface area contributed by atoms with Crippen LogP contribution in [0.1, 0.15) is 39.2 Å². The Morgan fingerprint density at radius 1 is 1.15 bits per heavy atom. The molecule has 1 atom stereocenters. The number of likely N-dealkylation sites (N-methyl/N-ethyl adjacent to an activating group) is 1. The van der Waals surface area contributed by atoms with Crippen molar-refractivity contribution in [2.75, 3.05) is 24.9 Å². The minimum atomic E-state index is -4.38. The van der Waals surface area contributed by atoms with Gasteiger partial charge in [-0.05, 0) is 51.3 Å². The Bertz CT molecular complexity index is 950. The van der Waals surface area contributed by atoms with Crippen molar-refractivity contribution in [3.05, 3.63) is 29.8 Å². The van der Waals surface area contributed by atoms with Crippen LogP contribution < -0.4 is 15.4 Å². The molecule has 0 bridgehead atoms. The number of likely N-dealkylation sites (tertiary alicyclic amines) is 1. The predicted molar refractivity (Wildman–Crippen MR) is 122 cm³/mol. The highest BCUT2D eigenvalue weighted by atomic mass is 32.2. The smallest absolute Gasteiger partial charge is 0.410 e. The van der Waals surface area contributed by atoms with Gasteiger partial charge < -0.3 is 20.3 Å². The van der Waals surface area contributed by atoms with Gasteiger partial charge in [-0.2, -0.15) is 8.42 Å². The van der Waals surface area contributed by atoms with E-state index < -0.39 is 28.0 Å². The Hall–Kier alpha value is -2.86. The zero-order chi connectivity index (χ0) is 24.8. The molecule has 0 radical (unpaired) electrons. The molecule has 1 aliphatic rings. The lowest BCUT2D eigenvalue weighted by Crippen LogP contribution is -2.51. The first kappa shape index (κ1) is 26.4. The third-order valence-corrected chi connectivity index (χ3v) is 5.53. The number of amides is 3. The summed E-state index contributed by atoms with van der Waals surface area (Å²) in [6.07, 6.45) is 0.703. The number of carbonyl (C=O) groups is 3. The highest BCUT2D eigenvalue weighted by Gasteiger charge is 2.31. The fourth-order valence-electron chi connectivity index (χ4n) is 3.42. The number of nitrogens with zero attached hydrogens (tertiary/aromatic N) is 1. The zero-order valence-corrected chi connectivity index (χ0v) is 20.1. The van der Waals surface area contributed by atoms with Gasteiger partial charge in [0.25, 0.3) is 0 Å². The molecule has 1 fully saturated rings. The van der Waals surface area contributed by atoms with Crippen LogP contribution in [0.4, 0.5) is 10.5 Å². The third-order valence-electron chi connectivity index (χ3n) is 5.04. The zero-order valence-electron chi connectivity index (χ0n) is 19.3. The van der Waals surface area contributed by atoms with Gasteiger partial charge in [-0.3, -0.25) is 18.9 Å². The first-order valence-corrected chi connectivity index (χ1v) is 12.1. The summed E-state index contributed by atoms with van der Waals surface area (Å²) in [4.78, 5) is 38.9. The number of nitrogens with one attached hydrogen (secondary N) is 3. The summed E-state index contributed by atoms with van der Waals surface area (Å²) in [5.74, 6) is -0.969. The fraction of sp³-hybridized carbons (Fsp3) is 0.571. The van der Waals surface area contributed by atoms with E-state index in [1.807, 2.05) is 4.72 Å². The molecule has 33 heavy (non-hydrogen) atoms. The van der Waals surface area contributed by atoms with Gasteiger partial charge in [0.1, 0.15) is 11.6 Å². The largest absolute Gasteiger partial charge is 0.444 e. The van der Waals surface area contributed by atoms with Gasteiger partial charge >= 0.3 is 16.4 Å². The molecule has 0 saturated carbocycles. The molecule has 2 rings (SSSR count). The monoisotopic (exact) mass is 484 g/mol. The number of carbonyl (C=O) groups excluding carboxylic acids is 3. The summed E-state index contributed by atoms with van der Waals surface area (Å²) in [6, 6.07) is 5.24. The topological polar surface area (TPSA) is 154 Å². The Kier molecular flexibility index (Phi) is 8.67. The van der Waals surface area contributed by atoms with Crippen LogP contribution in [0.3, 0.4) is 0 Å². The van der Waals surface area contributed by atoms with E-state index in [1.165, 1.54) is 19.2 Å². The van der Waals surface area contributed by atoms with Gasteiger partial charge in [0.15, 0.2) is 0 Å². The van der Waals surface area contributed by atoms with Crippen molar-refractivity contribution in [3.63, 3.8) is 0 Å². The molecule has 11 nitrogen and oxygen atoms in total. The normalized spacial score (nSPS) is 16.0. The van der Waals surface area contributed by atoms with Crippen LogP contribution in [0.15, 0.2) is 24.3 Å². The molecule has 12 heteroatoms. The van der Waals surface area contributed by atoms with Gasteiger partial charge in [-0.25, -0.2) is 4.79 Å². The molecular weight excluding hydrogens is 452 g/mol. The molecule has 1 aromatic carbocycles. The Morgan fingerprint density at radius 3 is 2.21 bits per heavy atom. The minimum Gasteiger partial charge on any atom is -0.444 e. The lowest BCUT2D eigenvalue weighted by atomic mass is 9.95. The highest BCUT2D eigenvalue weighted by Crippen LogP contribution is 2.20. The van der Waals surface area contributed by atoms with E-state index >= 15 is 0 Å². The predicted octanol–water partition coefficient (Wildman–Crippen LogP) is 1.32. The quantitative estimate of drug-likeness (QED) is 0.426. The van der Waals surface area contributed by atoms with Crippen molar-refractivity contribution < 1.29 is 32.1 Å². The summed E-state index contributed by atoms with van der Waals surface area (Å²) in [5.41, 5.74) is 0.259. The maximum Gasteiger partial charge on any atom is 0.410 e. The van der Waals surface area contributed by atoms with Crippen LogP contribution in [0.25, 0.3) is 0 Å². The second-order valence-corrected chi connectivity index (χ2v) is 10.0. The van der Waals surface area contributed by atoms with Crippen LogP contribution in [0.5, 0.6) is 0 Å². The summed E-state index contributed by atoms with van der Waals surface area (Å²) < 4.78 is 37.9. The number of piperidine rings is 1. The second-order valence-electron chi connectivity index (χ2n) is 8.90. The molecule has 1 aromatic rings. The first-order valence-electron chi connectivity index (χ1n) is 10.6. The molecule has 0 aromatic heterocycles. The van der Waals surface area contributed by atoms with E-state index in [1.54, 1.807) is 37.8 Å². The van der Waals surface area contributed by atoms with Crippen molar-refractivity contribution in [3.8, 4) is 0 Å². The molecule has 1 aliphatic heterocycles. The summed E-state index contributed by atoms with van der Waals surface area (Å²) >= 11 is 0. The van der Waals surface area contributed by atoms with Gasteiger partial charge in [-0.1, -0.05) is 12.1 Å². The molecule has 0 aliphatic carbocycles. The van der Waals surface area contributed by atoms with E-state index in [9.17, 15) is 22.8 Å². The van der Waals surface area contributed by atoms with Crippen molar-refractivity contribution in [1.29, 1.82) is 0 Å². The number of ether oxygens (including phenoxy) is 1. The van der Waals surface area contributed by atoms with E-state index in [4.69, 9.17) is 9.29 Å². The Balaban J connectivity index is 1.95. The molecule has 184 valence electrons. The van der Waals surface area contributed by atoms with Crippen LogP contribution in [-0.4, -0.2) is 67.6 Å². The average Bonchev–Trinajstić information content (AvgIpc) is 2.71. The molecule has 3 amide bonds. The van der Waals surface area contributed by atoms with E-state index in [0.29, 0.717) is 31.5 Å². The second kappa shape index (κ2) is 10.8. The highest BCUT2D eigenvalue weighted by molar-refractivity contribution is 7.87. The molecule has 0 unspecified atom stereocenters. The van der Waals surface area contributed by atoms with E-state index in [2.05, 4.69) is 10.6 Å². The summed E-state index contributed by atoms with van der Waals surface area (Å²) in [6.45, 7) is 6.16. The first-order chi connectivity index (χ1) is 15.3. The van der Waals surface area contributed by atoms with Crippen LogP contribution in [-0.2, 0) is 31.1 Å². The van der Waals surface area contributed by atoms with E-state index in [0.717, 1.165) is 0 Å². The van der Waals surface area contributed by atoms with Crippen molar-refractivity contribution >= 4 is 33.9 Å². The molecule has 4 N–H and O–H groups in total. The fourth-order valence-corrected chi connectivity index (χ4v) is 3.85. The molecular formula is C21H32N4O7S. The number of benzene rings is 1. The number of anilines is 1. The Morgan fingerprint density at radius 2 is 1.73 bits per heavy atom. The van der Waals surface area contributed by atoms with Crippen molar-refractivity contribution in [2.24, 2.45) is 5.92 Å². The lowest BCUT2D eigenvalue weighted by molar-refractivity contribution is -0.131. The van der Waals surface area contributed by atoms with Crippen molar-refractivity contribution in [1.82, 2.24) is 15.5 Å². The van der Waals surface area contributed by atoms with E-state index in [-0.39, 0.29) is 29.8 Å². The number of rotatable bonds is 7. The van der Waals surface area contributed by atoms with Gasteiger partial charge in [0.05, 0.1) is 5.69 Å². The number of hydrogen-bond acceptors (Lipinski definition) is 6. The molecule has 1 saturated heterocycles. The maximum absolute atomic E-state index is 12.8. The average molecular weight is 485 g/mol. The third kappa shape index (κ3) is 8.89. The molecule has 0 spiro atoms. The molecule has 1 heterocycles. The van der Waals surface area contributed by atoms with Gasteiger partial charge in [-0.15, -0.1) is 0 Å². The minimum absolute atomic E-state index is 0.165. The maximum atomic E-state index is 12.8. The standard InChI is InChI=1S/C21H32N4O7S/c1-21(2,3)32-20(28)25-11-9-15(10-12-25)18(26)23-17(19(27)22-4)13-14-5-7-16(8-6-14)24-33(29,30)31/h5-8,15,17,24H,9-13H2,1-4H3,(H,22,27)(H,23,26)(H,29,30,31)/t17-/m0/s1. The number of hydrogen-bond donors (Lipinski definition) is 4. The van der Waals surface area contributed by atoms with Crippen LogP contribution in [0, 0.1) is 5.92 Å². The van der Waals surface area contributed by atoms with Gasteiger partial charge in [0.2, 0.25) is 11.8 Å². The Labute approximate surface area is 194 Å². The summed E-state index contributed by atoms with van der Waals surface area (Å²) in [5, 5.41) is 5.32. The van der Waals surface area contributed by atoms with Gasteiger partial charge in [0, 0.05) is 32.5 Å².